The molecule has 0 saturated heterocycles. The van der Waals surface area contributed by atoms with E-state index in [1.54, 1.807) is 0 Å². The minimum Gasteiger partial charge on any atom is -0.483 e. The van der Waals surface area contributed by atoms with Gasteiger partial charge in [-0.3, -0.25) is 19.2 Å². The van der Waals surface area contributed by atoms with Crippen LogP contribution in [0.4, 0.5) is 11.4 Å². The van der Waals surface area contributed by atoms with E-state index in [0.717, 1.165) is 58.0 Å². The van der Waals surface area contributed by atoms with Gasteiger partial charge in [-0.15, -0.1) is 0 Å². The van der Waals surface area contributed by atoms with E-state index in [-0.39, 0.29) is 94.9 Å². The average Bonchev–Trinajstić information content (AvgIpc) is 3.87. The molecule has 2 N–H and O–H groups in total. The summed E-state index contributed by atoms with van der Waals surface area (Å²) in [5, 5.41) is 13.5. The molecule has 0 radical (unpaired) electrons. The first kappa shape index (κ1) is 62.8. The first-order chi connectivity index (χ1) is 35.8. The highest BCUT2D eigenvalue weighted by molar-refractivity contribution is 6.58. The molecule has 2 aliphatic heterocycles. The lowest BCUT2D eigenvalue weighted by molar-refractivity contribution is -0.122. The number of hydrogen-bond donors (Lipinski definition) is 2. The fraction of sp³-hybridized carbons (Fsp3) is 0.455. The number of carbonyl (C=O) groups is 4. The number of nitrogens with zero attached hydrogens (tertiary/aromatic N) is 4. The molecule has 2 heterocycles. The van der Waals surface area contributed by atoms with Crippen molar-refractivity contribution in [3.63, 3.8) is 0 Å². The largest absolute Gasteiger partial charge is 0.483 e. The van der Waals surface area contributed by atoms with Gasteiger partial charge in [0.1, 0.15) is 46.4 Å². The summed E-state index contributed by atoms with van der Waals surface area (Å²) >= 11 is 65.4. The van der Waals surface area contributed by atoms with Crippen LogP contribution in [0.25, 0.3) is 0 Å². The highest BCUT2D eigenvalue weighted by atomic mass is 35.5. The summed E-state index contributed by atoms with van der Waals surface area (Å²) in [6.45, 7) is 24.3. The Bertz CT molecular complexity index is 2840. The first-order valence-electron chi connectivity index (χ1n) is 24.8. The summed E-state index contributed by atoms with van der Waals surface area (Å²) in [6.07, 6.45) is 2.79. The van der Waals surface area contributed by atoms with E-state index < -0.39 is 55.1 Å². The predicted octanol–water partition coefficient (Wildman–Crippen LogP) is 17.0. The fourth-order valence-corrected chi connectivity index (χ4v) is 11.0. The van der Waals surface area contributed by atoms with Gasteiger partial charge in [0.15, 0.2) is 13.2 Å². The summed E-state index contributed by atoms with van der Waals surface area (Å²) < 4.78 is 12.5. The number of halogens is 10. The van der Waals surface area contributed by atoms with Gasteiger partial charge in [-0.05, 0) is 77.0 Å². The molecule has 0 aromatic heterocycles. The number of amidine groups is 2. The van der Waals surface area contributed by atoms with E-state index in [1.807, 2.05) is 24.3 Å². The Labute approximate surface area is 500 Å². The highest BCUT2D eigenvalue weighted by Gasteiger charge is 2.48. The maximum atomic E-state index is 15.0. The molecule has 0 fully saturated rings. The number of benzene rings is 4. The summed E-state index contributed by atoms with van der Waals surface area (Å²) in [5.74, 6) is -5.80. The van der Waals surface area contributed by atoms with Gasteiger partial charge in [0.25, 0.3) is 23.6 Å². The Morgan fingerprint density at radius 3 is 1.05 bits per heavy atom. The van der Waals surface area contributed by atoms with Gasteiger partial charge in [-0.1, -0.05) is 223 Å². The van der Waals surface area contributed by atoms with E-state index >= 15 is 0 Å². The molecule has 77 heavy (non-hydrogen) atoms. The molecule has 0 spiro atoms. The second-order valence-electron chi connectivity index (χ2n) is 21.5. The zero-order valence-electron chi connectivity index (χ0n) is 44.6. The summed E-state index contributed by atoms with van der Waals surface area (Å²) in [4.78, 5) is 58.2. The topological polar surface area (TPSA) is 142 Å². The lowest BCUT2D eigenvalue weighted by atomic mass is 9.76. The number of ether oxygens (including phenoxy) is 2. The Morgan fingerprint density at radius 1 is 0.481 bits per heavy atom. The zero-order chi connectivity index (χ0) is 57.6. The number of rotatable bonds is 18. The molecule has 0 aliphatic carbocycles. The Balaban J connectivity index is 1.40. The van der Waals surface area contributed by atoms with Crippen LogP contribution in [0.15, 0.2) is 46.6 Å². The maximum Gasteiger partial charge on any atom is 0.263 e. The number of hydrogen-bond acceptors (Lipinski definition) is 8. The van der Waals surface area contributed by atoms with Crippen LogP contribution in [0.1, 0.15) is 137 Å². The first-order valence-corrected chi connectivity index (χ1v) is 28.6. The lowest BCUT2D eigenvalue weighted by Gasteiger charge is -2.30. The van der Waals surface area contributed by atoms with Crippen LogP contribution < -0.4 is 30.1 Å². The molecule has 2 atom stereocenters. The monoisotopic (exact) mass is 1250 g/mol. The summed E-state index contributed by atoms with van der Waals surface area (Å²) in [6, 6.07) is 11.9. The lowest BCUT2D eigenvalue weighted by Crippen LogP contribution is -2.44. The van der Waals surface area contributed by atoms with Gasteiger partial charge in [0.2, 0.25) is 0 Å². The number of carbonyl (C=O) groups excluding carboxylic acids is 4. The van der Waals surface area contributed by atoms with Crippen LogP contribution in [0.2, 0.25) is 50.2 Å². The molecular formula is C55H60Cl10N6O6. The Hall–Kier alpha value is -3.40. The van der Waals surface area contributed by atoms with Crippen LogP contribution >= 0.6 is 116 Å². The van der Waals surface area contributed by atoms with Crippen molar-refractivity contribution in [3.8, 4) is 11.5 Å². The van der Waals surface area contributed by atoms with Crippen LogP contribution in [-0.4, -0.2) is 48.5 Å². The van der Waals surface area contributed by atoms with Crippen molar-refractivity contribution < 1.29 is 28.7 Å². The number of anilines is 2. The molecule has 2 unspecified atom stereocenters. The predicted molar refractivity (Wildman–Crippen MR) is 318 cm³/mol. The van der Waals surface area contributed by atoms with Crippen molar-refractivity contribution in [1.29, 1.82) is 0 Å². The molecule has 0 saturated carbocycles. The minimum atomic E-state index is -1.51. The summed E-state index contributed by atoms with van der Waals surface area (Å²) in [5.41, 5.74) is 2.52. The molecule has 22 heteroatoms. The Kier molecular flexibility index (Phi) is 19.9. The van der Waals surface area contributed by atoms with Gasteiger partial charge in [0.05, 0.1) is 50.2 Å². The van der Waals surface area contributed by atoms with Gasteiger partial charge < -0.3 is 20.1 Å². The molecular weight excluding hydrogens is 1200 g/mol. The molecule has 416 valence electrons. The third-order valence-corrected chi connectivity index (χ3v) is 19.6. The van der Waals surface area contributed by atoms with Crippen LogP contribution in [-0.2, 0) is 40.8 Å². The smallest absolute Gasteiger partial charge is 0.263 e. The number of amides is 4. The molecule has 12 nitrogen and oxygen atoms in total. The molecule has 4 amide bonds. The maximum absolute atomic E-state index is 15.0. The van der Waals surface area contributed by atoms with E-state index in [4.69, 9.17) is 125 Å². The molecule has 4 aromatic rings. The van der Waals surface area contributed by atoms with Crippen molar-refractivity contribution in [2.24, 2.45) is 22.0 Å². The van der Waals surface area contributed by atoms with E-state index in [2.05, 4.69) is 116 Å². The Morgan fingerprint density at radius 2 is 0.766 bits per heavy atom. The second-order valence-corrected chi connectivity index (χ2v) is 25.3. The number of hydrazone groups is 2. The van der Waals surface area contributed by atoms with Crippen molar-refractivity contribution in [1.82, 2.24) is 10.6 Å². The standard InChI is InChI=1S/C55H60Cl10N6O6/c1-13-52(5,6)26-17-19-32(30(21-26)54(9,10)15-3)76-24-34(72)66-48-28(50(74)70(68-48)46-42(62)38(58)36(56)39(59)43(46)63)23-29-49(69-71(51(29)75)47-44(64)40(60)37(57)41(61)45(47)65)67-35(73)25-77-33-20-18-27(53(7,8)14-2)22-31(33)55(11,12)16-4/h17-22,28-29H,13-16,23-25H2,1-12H3,(H,66,68,72)(H,67,69,73). The van der Waals surface area contributed by atoms with Crippen molar-refractivity contribution in [3.05, 3.63) is 109 Å². The fourth-order valence-electron chi connectivity index (χ4n) is 8.39. The summed E-state index contributed by atoms with van der Waals surface area (Å²) in [7, 11) is 0. The van der Waals surface area contributed by atoms with Crippen molar-refractivity contribution in [2.45, 2.75) is 137 Å². The second kappa shape index (κ2) is 24.4. The van der Waals surface area contributed by atoms with Gasteiger partial charge in [-0.2, -0.15) is 20.2 Å². The molecule has 6 rings (SSSR count). The average molecular weight is 1260 g/mol. The minimum absolute atomic E-state index is 0.131. The normalized spacial score (nSPS) is 16.3. The van der Waals surface area contributed by atoms with E-state index in [1.165, 1.54) is 0 Å². The number of nitrogens with one attached hydrogen (secondary N) is 2. The van der Waals surface area contributed by atoms with Gasteiger partial charge in [0, 0.05) is 11.1 Å². The quantitative estimate of drug-likeness (QED) is 0.0750. The highest BCUT2D eigenvalue weighted by Crippen LogP contribution is 2.52. The van der Waals surface area contributed by atoms with Crippen LogP contribution in [0, 0.1) is 11.8 Å². The van der Waals surface area contributed by atoms with Crippen LogP contribution in [0.5, 0.6) is 11.5 Å². The molecule has 0 bridgehead atoms. The van der Waals surface area contributed by atoms with E-state index in [0.29, 0.717) is 11.5 Å². The van der Waals surface area contributed by atoms with E-state index in [9.17, 15) is 19.2 Å². The third-order valence-electron chi connectivity index (χ3n) is 15.1. The molecule has 4 aromatic carbocycles. The van der Waals surface area contributed by atoms with Crippen molar-refractivity contribution >= 4 is 163 Å². The van der Waals surface area contributed by atoms with Crippen LogP contribution in [0.3, 0.4) is 0 Å². The molecule has 2 aliphatic rings. The van der Waals surface area contributed by atoms with Gasteiger partial charge in [-0.25, -0.2) is 0 Å². The SMILES string of the molecule is CCC(C)(C)c1ccc(OCC(=O)NC2=NN(c3c(Cl)c(Cl)c(Cl)c(Cl)c3Cl)C(=O)C2CC2C(=O)N(c3c(Cl)c(Cl)c(Cl)c(Cl)c3Cl)N=C2NC(=O)COc2ccc(C(C)(C)CC)cc2C(C)(C)CC)c(C(C)(C)CC)c1. The van der Waals surface area contributed by atoms with Gasteiger partial charge >= 0.3 is 0 Å². The van der Waals surface area contributed by atoms with Crippen molar-refractivity contribution in [2.75, 3.05) is 23.2 Å². The zero-order valence-corrected chi connectivity index (χ0v) is 52.1. The third kappa shape index (κ3) is 12.7.